The molecule has 2 saturated heterocycles. The number of ether oxygens (including phenoxy) is 1. The Balaban J connectivity index is 1.38. The van der Waals surface area contributed by atoms with Gasteiger partial charge in [0.25, 0.3) is 0 Å². The highest BCUT2D eigenvalue weighted by atomic mass is 35.5. The van der Waals surface area contributed by atoms with Gasteiger partial charge in [0.1, 0.15) is 5.56 Å². The van der Waals surface area contributed by atoms with E-state index in [1.807, 2.05) is 36.4 Å². The summed E-state index contributed by atoms with van der Waals surface area (Å²) < 4.78 is 8.25. The smallest absolute Gasteiger partial charge is 0.341 e. The molecule has 41 heavy (non-hydrogen) atoms. The third-order valence-electron chi connectivity index (χ3n) is 8.07. The summed E-state index contributed by atoms with van der Waals surface area (Å²) >= 11 is 8.39. The number of pyridine rings is 1. The number of aromatic carboxylic acids is 1. The predicted octanol–water partition coefficient (Wildman–Crippen LogP) is 4.83. The summed E-state index contributed by atoms with van der Waals surface area (Å²) in [5.41, 5.74) is 2.96. The molecule has 0 spiro atoms. The summed E-state index contributed by atoms with van der Waals surface area (Å²) in [4.78, 5) is 36.6. The number of aromatic nitrogens is 2. The average Bonchev–Trinajstić information content (AvgIpc) is 3.64. The molecule has 0 bridgehead atoms. The standard InChI is InChI=1S/C30H32ClN5O4S/c1-3-33-10-12-34(13-11-33)30-32-24-6-5-20(15-28(24)41-30)36-18-22(29(38)39)27(37)16-26(36)19-4-7-25(23(31)14-19)35-9-8-21(17-35)40-2/h4-7,14-16,18,21H,3,8-13,17H2,1-2H3,(H,38,39). The van der Waals surface area contributed by atoms with Crippen LogP contribution in [0.1, 0.15) is 23.7 Å². The van der Waals surface area contributed by atoms with E-state index >= 15 is 0 Å². The van der Waals surface area contributed by atoms with Gasteiger partial charge < -0.3 is 29.1 Å². The van der Waals surface area contributed by atoms with Crippen molar-refractivity contribution < 1.29 is 14.6 Å². The molecule has 2 fully saturated rings. The van der Waals surface area contributed by atoms with E-state index in [2.05, 4.69) is 21.6 Å². The van der Waals surface area contributed by atoms with E-state index in [9.17, 15) is 14.7 Å². The lowest BCUT2D eigenvalue weighted by Gasteiger charge is -2.33. The fourth-order valence-electron chi connectivity index (χ4n) is 5.63. The first-order chi connectivity index (χ1) is 19.8. The van der Waals surface area contributed by atoms with Gasteiger partial charge >= 0.3 is 5.97 Å². The van der Waals surface area contributed by atoms with Crippen LogP contribution in [0.2, 0.25) is 5.02 Å². The van der Waals surface area contributed by atoms with Gasteiger partial charge in [-0.3, -0.25) is 4.79 Å². The van der Waals surface area contributed by atoms with Crippen molar-refractivity contribution in [2.45, 2.75) is 19.4 Å². The predicted molar refractivity (Wildman–Crippen MR) is 165 cm³/mol. The Morgan fingerprint density at radius 2 is 1.90 bits per heavy atom. The van der Waals surface area contributed by atoms with E-state index in [1.54, 1.807) is 23.0 Å². The quantitative estimate of drug-likeness (QED) is 0.326. The average molecular weight is 594 g/mol. The minimum Gasteiger partial charge on any atom is -0.477 e. The van der Waals surface area contributed by atoms with Crippen molar-refractivity contribution in [3.05, 3.63) is 69.5 Å². The van der Waals surface area contributed by atoms with E-state index in [-0.39, 0.29) is 11.7 Å². The molecule has 2 aromatic carbocycles. The van der Waals surface area contributed by atoms with Crippen molar-refractivity contribution in [2.75, 3.05) is 62.7 Å². The van der Waals surface area contributed by atoms with Crippen molar-refractivity contribution in [1.82, 2.24) is 14.5 Å². The third kappa shape index (κ3) is 5.44. The van der Waals surface area contributed by atoms with Crippen molar-refractivity contribution in [2.24, 2.45) is 0 Å². The van der Waals surface area contributed by atoms with Gasteiger partial charge in [-0.1, -0.05) is 35.9 Å². The number of anilines is 2. The Bertz CT molecular complexity index is 1660. The van der Waals surface area contributed by atoms with E-state index in [4.69, 9.17) is 21.3 Å². The van der Waals surface area contributed by atoms with Crippen LogP contribution in [0, 0.1) is 0 Å². The third-order valence-corrected chi connectivity index (χ3v) is 9.45. The minimum atomic E-state index is -1.27. The van der Waals surface area contributed by atoms with Gasteiger partial charge in [0.05, 0.1) is 32.7 Å². The summed E-state index contributed by atoms with van der Waals surface area (Å²) in [5, 5.41) is 11.3. The molecule has 0 aliphatic carbocycles. The molecule has 1 unspecified atom stereocenters. The second kappa shape index (κ2) is 11.4. The summed E-state index contributed by atoms with van der Waals surface area (Å²) in [6.07, 6.45) is 2.50. The highest BCUT2D eigenvalue weighted by Crippen LogP contribution is 2.35. The molecule has 1 N–H and O–H groups in total. The SMILES string of the molecule is CCN1CCN(c2nc3ccc(-n4cc(C(=O)O)c(=O)cc4-c4ccc(N5CCC(OC)C5)c(Cl)c4)cc3s2)CC1. The van der Waals surface area contributed by atoms with Crippen molar-refractivity contribution in [3.63, 3.8) is 0 Å². The summed E-state index contributed by atoms with van der Waals surface area (Å²) in [5.74, 6) is -1.27. The van der Waals surface area contributed by atoms with Crippen molar-refractivity contribution in [3.8, 4) is 16.9 Å². The van der Waals surface area contributed by atoms with Crippen LogP contribution in [-0.4, -0.2) is 84.6 Å². The Morgan fingerprint density at radius 1 is 1.10 bits per heavy atom. The Hall–Kier alpha value is -3.44. The molecule has 9 nitrogen and oxygen atoms in total. The number of rotatable bonds is 7. The maximum absolute atomic E-state index is 12.8. The number of methoxy groups -OCH3 is 1. The monoisotopic (exact) mass is 593 g/mol. The largest absolute Gasteiger partial charge is 0.477 e. The maximum atomic E-state index is 12.8. The van der Waals surface area contributed by atoms with Crippen LogP contribution in [0.3, 0.4) is 0 Å². The number of nitrogens with zero attached hydrogens (tertiary/aromatic N) is 5. The van der Waals surface area contributed by atoms with Crippen LogP contribution in [-0.2, 0) is 4.74 Å². The second-order valence-electron chi connectivity index (χ2n) is 10.4. The van der Waals surface area contributed by atoms with Gasteiger partial charge in [0, 0.05) is 69.9 Å². The zero-order valence-electron chi connectivity index (χ0n) is 23.0. The number of thiazole rings is 1. The molecule has 214 valence electrons. The van der Waals surface area contributed by atoms with E-state index in [0.717, 1.165) is 79.0 Å². The van der Waals surface area contributed by atoms with Crippen LogP contribution in [0.25, 0.3) is 27.2 Å². The molecular weight excluding hydrogens is 562 g/mol. The van der Waals surface area contributed by atoms with Crippen molar-refractivity contribution in [1.29, 1.82) is 0 Å². The summed E-state index contributed by atoms with van der Waals surface area (Å²) in [6.45, 7) is 8.75. The fraction of sp³-hybridized carbons (Fsp3) is 0.367. The first kappa shape index (κ1) is 27.7. The van der Waals surface area contributed by atoms with Crippen LogP contribution in [0.15, 0.2) is 53.5 Å². The van der Waals surface area contributed by atoms with E-state index in [0.29, 0.717) is 16.3 Å². The van der Waals surface area contributed by atoms with Gasteiger partial charge in [0.2, 0.25) is 0 Å². The lowest BCUT2D eigenvalue weighted by molar-refractivity contribution is 0.0695. The highest BCUT2D eigenvalue weighted by Gasteiger charge is 2.25. The fourth-order valence-corrected chi connectivity index (χ4v) is 6.98. The lowest BCUT2D eigenvalue weighted by atomic mass is 10.1. The zero-order chi connectivity index (χ0) is 28.7. The Kier molecular flexibility index (Phi) is 7.74. The molecule has 1 atom stereocenters. The van der Waals surface area contributed by atoms with Crippen LogP contribution >= 0.6 is 22.9 Å². The normalized spacial score (nSPS) is 18.0. The molecular formula is C30H32ClN5O4S. The van der Waals surface area contributed by atoms with Crippen LogP contribution < -0.4 is 15.2 Å². The summed E-state index contributed by atoms with van der Waals surface area (Å²) in [7, 11) is 1.72. The first-order valence-electron chi connectivity index (χ1n) is 13.8. The van der Waals surface area contributed by atoms with E-state index < -0.39 is 11.4 Å². The maximum Gasteiger partial charge on any atom is 0.341 e. The summed E-state index contributed by atoms with van der Waals surface area (Å²) in [6, 6.07) is 12.9. The number of benzene rings is 2. The number of halogens is 1. The van der Waals surface area contributed by atoms with Gasteiger partial charge in [-0.25, -0.2) is 9.78 Å². The molecule has 0 amide bonds. The lowest BCUT2D eigenvalue weighted by Crippen LogP contribution is -2.46. The molecule has 2 aliphatic rings. The number of likely N-dealkylation sites (N-methyl/N-ethyl adjacent to an activating group) is 1. The number of hydrogen-bond acceptors (Lipinski definition) is 8. The molecule has 6 rings (SSSR count). The topological polar surface area (TPSA) is 91.1 Å². The number of fused-ring (bicyclic) bond motifs is 1. The number of carboxylic acids is 1. The van der Waals surface area contributed by atoms with E-state index in [1.165, 1.54) is 12.3 Å². The van der Waals surface area contributed by atoms with Gasteiger partial charge in [0.15, 0.2) is 10.6 Å². The number of carboxylic acid groups (broad SMARTS) is 1. The van der Waals surface area contributed by atoms with Crippen molar-refractivity contribution >= 4 is 49.9 Å². The zero-order valence-corrected chi connectivity index (χ0v) is 24.6. The Morgan fingerprint density at radius 3 is 2.59 bits per heavy atom. The number of piperazine rings is 1. The molecule has 11 heteroatoms. The molecule has 2 aromatic heterocycles. The number of hydrogen-bond donors (Lipinski definition) is 1. The molecule has 4 aromatic rings. The van der Waals surface area contributed by atoms with Gasteiger partial charge in [-0.05, 0) is 43.3 Å². The number of carbonyl (C=O) groups is 1. The molecule has 0 saturated carbocycles. The highest BCUT2D eigenvalue weighted by molar-refractivity contribution is 7.22. The minimum absolute atomic E-state index is 0.169. The van der Waals surface area contributed by atoms with Gasteiger partial charge in [-0.2, -0.15) is 0 Å². The molecule has 0 radical (unpaired) electrons. The first-order valence-corrected chi connectivity index (χ1v) is 15.0. The Labute approximate surface area is 247 Å². The van der Waals surface area contributed by atoms with Gasteiger partial charge in [-0.15, -0.1) is 0 Å². The molecule has 4 heterocycles. The van der Waals surface area contributed by atoms with Crippen LogP contribution in [0.4, 0.5) is 10.8 Å². The van der Waals surface area contributed by atoms with Crippen LogP contribution in [0.5, 0.6) is 0 Å². The second-order valence-corrected chi connectivity index (χ2v) is 11.9. The molecule has 2 aliphatic heterocycles.